The number of aromatic hydroxyl groups is 1. The van der Waals surface area contributed by atoms with Crippen LogP contribution in [0.15, 0.2) is 23.9 Å². The largest absolute Gasteiger partial charge is 0.504 e. The summed E-state index contributed by atoms with van der Waals surface area (Å²) in [5.74, 6) is 0.352. The van der Waals surface area contributed by atoms with Crippen molar-refractivity contribution in [1.29, 1.82) is 0 Å². The molecule has 5 nitrogen and oxygen atoms in total. The summed E-state index contributed by atoms with van der Waals surface area (Å²) in [4.78, 5) is 9.97. The maximum atomic E-state index is 10.4. The van der Waals surface area contributed by atoms with Crippen molar-refractivity contribution >= 4 is 6.08 Å². The average Bonchev–Trinajstić information content (AvgIpc) is 2.23. The zero-order valence-corrected chi connectivity index (χ0v) is 9.14. The van der Waals surface area contributed by atoms with Gasteiger partial charge in [0.1, 0.15) is 0 Å². The zero-order valence-electron chi connectivity index (χ0n) is 9.14. The fourth-order valence-electron chi connectivity index (χ4n) is 1.19. The second-order valence-electron chi connectivity index (χ2n) is 3.20. The first-order valence-electron chi connectivity index (χ1n) is 4.83. The van der Waals surface area contributed by atoms with Crippen molar-refractivity contribution in [2.45, 2.75) is 13.8 Å². The smallest absolute Gasteiger partial charge is 0.243 e. The van der Waals surface area contributed by atoms with E-state index >= 15 is 0 Å². The van der Waals surface area contributed by atoms with Gasteiger partial charge in [-0.25, -0.2) is 0 Å². The minimum atomic E-state index is -0.465. The maximum Gasteiger partial charge on any atom is 0.243 e. The lowest BCUT2D eigenvalue weighted by Gasteiger charge is -2.05. The number of rotatable bonds is 4. The molecule has 5 heteroatoms. The normalized spacial score (nSPS) is 11.2. The average molecular weight is 223 g/mol. The number of benzene rings is 1. The summed E-state index contributed by atoms with van der Waals surface area (Å²) in [5.41, 5.74) is 0.656. The van der Waals surface area contributed by atoms with E-state index < -0.39 is 4.92 Å². The minimum absolute atomic E-state index is 0.0257. The molecule has 0 amide bonds. The first-order valence-corrected chi connectivity index (χ1v) is 4.83. The van der Waals surface area contributed by atoms with Crippen LogP contribution in [0.1, 0.15) is 19.4 Å². The summed E-state index contributed by atoms with van der Waals surface area (Å²) in [7, 11) is 0. The highest BCUT2D eigenvalue weighted by atomic mass is 16.6. The Morgan fingerprint density at radius 3 is 2.88 bits per heavy atom. The van der Waals surface area contributed by atoms with Crippen LogP contribution in [0.4, 0.5) is 0 Å². The standard InChI is InChI=1S/C11H13NO4/c1-3-16-11-7-9(4-5-10(11)13)6-8(2)12(14)15/h4-7,13H,3H2,1-2H3/b8-6+. The van der Waals surface area contributed by atoms with Crippen molar-refractivity contribution in [3.63, 3.8) is 0 Å². The summed E-state index contributed by atoms with van der Waals surface area (Å²) >= 11 is 0. The molecule has 1 N–H and O–H groups in total. The molecule has 0 unspecified atom stereocenters. The first-order chi connectivity index (χ1) is 7.54. The molecule has 1 aromatic rings. The van der Waals surface area contributed by atoms with Gasteiger partial charge in [0.2, 0.25) is 5.70 Å². The highest BCUT2D eigenvalue weighted by Crippen LogP contribution is 2.27. The summed E-state index contributed by atoms with van der Waals surface area (Å²) in [6.45, 7) is 3.63. The fourth-order valence-corrected chi connectivity index (χ4v) is 1.19. The van der Waals surface area contributed by atoms with Crippen LogP contribution in [0, 0.1) is 10.1 Å². The van der Waals surface area contributed by atoms with Gasteiger partial charge in [0, 0.05) is 13.0 Å². The third kappa shape index (κ3) is 2.98. The van der Waals surface area contributed by atoms with Crippen molar-refractivity contribution in [3.8, 4) is 11.5 Å². The van der Waals surface area contributed by atoms with Crippen LogP contribution in [-0.2, 0) is 0 Å². The maximum absolute atomic E-state index is 10.4. The summed E-state index contributed by atoms with van der Waals surface area (Å²) in [6, 6.07) is 4.60. The highest BCUT2D eigenvalue weighted by molar-refractivity contribution is 5.56. The Bertz CT molecular complexity index is 426. The number of allylic oxidation sites excluding steroid dienone is 1. The molecule has 0 aromatic heterocycles. The van der Waals surface area contributed by atoms with Gasteiger partial charge in [-0.2, -0.15) is 0 Å². The van der Waals surface area contributed by atoms with E-state index in [0.717, 1.165) is 0 Å². The van der Waals surface area contributed by atoms with E-state index in [4.69, 9.17) is 4.74 Å². The van der Waals surface area contributed by atoms with Gasteiger partial charge >= 0.3 is 0 Å². The Labute approximate surface area is 93.1 Å². The van der Waals surface area contributed by atoms with Crippen LogP contribution in [0.25, 0.3) is 6.08 Å². The molecule has 0 spiro atoms. The molecule has 1 rings (SSSR count). The van der Waals surface area contributed by atoms with E-state index in [0.29, 0.717) is 17.9 Å². The predicted molar refractivity (Wildman–Crippen MR) is 59.9 cm³/mol. The minimum Gasteiger partial charge on any atom is -0.504 e. The number of phenols is 1. The molecule has 0 saturated carbocycles. The topological polar surface area (TPSA) is 72.6 Å². The molecule has 0 atom stereocenters. The SMILES string of the molecule is CCOc1cc(/C=C(\C)[N+](=O)[O-])ccc1O. The number of nitrogens with zero attached hydrogens (tertiary/aromatic N) is 1. The van der Waals surface area contributed by atoms with Gasteiger partial charge in [-0.3, -0.25) is 10.1 Å². The van der Waals surface area contributed by atoms with Crippen molar-refractivity contribution < 1.29 is 14.8 Å². The molecule has 1 aromatic carbocycles. The van der Waals surface area contributed by atoms with Gasteiger partial charge in [0.15, 0.2) is 11.5 Å². The van der Waals surface area contributed by atoms with Gasteiger partial charge in [0.25, 0.3) is 0 Å². The summed E-state index contributed by atoms with van der Waals surface area (Å²) < 4.78 is 5.17. The van der Waals surface area contributed by atoms with E-state index in [1.807, 2.05) is 0 Å². The van der Waals surface area contributed by atoms with E-state index in [1.54, 1.807) is 19.1 Å². The van der Waals surface area contributed by atoms with E-state index in [1.165, 1.54) is 19.1 Å². The van der Waals surface area contributed by atoms with Crippen LogP contribution in [0.2, 0.25) is 0 Å². The Kier molecular flexibility index (Phi) is 3.88. The third-order valence-corrected chi connectivity index (χ3v) is 1.95. The number of phenolic OH excluding ortho intramolecular Hbond substituents is 1. The lowest BCUT2D eigenvalue weighted by atomic mass is 10.2. The number of hydrogen-bond acceptors (Lipinski definition) is 4. The van der Waals surface area contributed by atoms with Gasteiger partial charge in [-0.15, -0.1) is 0 Å². The number of ether oxygens (including phenoxy) is 1. The van der Waals surface area contributed by atoms with Crippen molar-refractivity contribution in [2.24, 2.45) is 0 Å². The van der Waals surface area contributed by atoms with Crippen molar-refractivity contribution in [3.05, 3.63) is 39.6 Å². The fraction of sp³-hybridized carbons (Fsp3) is 0.273. The number of nitro groups is 1. The van der Waals surface area contributed by atoms with Crippen molar-refractivity contribution in [1.82, 2.24) is 0 Å². The molecule has 0 aliphatic rings. The van der Waals surface area contributed by atoms with Gasteiger partial charge in [-0.1, -0.05) is 6.07 Å². The van der Waals surface area contributed by atoms with Crippen LogP contribution >= 0.6 is 0 Å². The quantitative estimate of drug-likeness (QED) is 0.628. The molecular formula is C11H13NO4. The molecule has 0 radical (unpaired) electrons. The molecule has 0 bridgehead atoms. The Morgan fingerprint density at radius 2 is 2.31 bits per heavy atom. The highest BCUT2D eigenvalue weighted by Gasteiger charge is 2.05. The lowest BCUT2D eigenvalue weighted by molar-refractivity contribution is -0.422. The molecule has 0 fully saturated rings. The second-order valence-corrected chi connectivity index (χ2v) is 3.20. The summed E-state index contributed by atoms with van der Waals surface area (Å²) in [6.07, 6.45) is 1.42. The lowest BCUT2D eigenvalue weighted by Crippen LogP contribution is -1.94. The van der Waals surface area contributed by atoms with Gasteiger partial charge in [-0.05, 0) is 24.6 Å². The predicted octanol–water partition coefficient (Wildman–Crippen LogP) is 2.43. The Hall–Kier alpha value is -2.04. The number of hydrogen-bond donors (Lipinski definition) is 1. The Morgan fingerprint density at radius 1 is 1.62 bits per heavy atom. The molecule has 86 valence electrons. The summed E-state index contributed by atoms with van der Waals surface area (Å²) in [5, 5.41) is 19.9. The van der Waals surface area contributed by atoms with Gasteiger partial charge in [0.05, 0.1) is 11.5 Å². The molecule has 16 heavy (non-hydrogen) atoms. The van der Waals surface area contributed by atoms with Crippen LogP contribution in [0.3, 0.4) is 0 Å². The second kappa shape index (κ2) is 5.16. The van der Waals surface area contributed by atoms with Crippen LogP contribution < -0.4 is 4.74 Å². The van der Waals surface area contributed by atoms with Crippen molar-refractivity contribution in [2.75, 3.05) is 6.61 Å². The van der Waals surface area contributed by atoms with Crippen LogP contribution in [-0.4, -0.2) is 16.6 Å². The molecule has 0 aliphatic heterocycles. The zero-order chi connectivity index (χ0) is 12.1. The molecule has 0 aliphatic carbocycles. The van der Waals surface area contributed by atoms with E-state index in [-0.39, 0.29) is 11.4 Å². The van der Waals surface area contributed by atoms with Gasteiger partial charge < -0.3 is 9.84 Å². The first kappa shape index (κ1) is 12.0. The molecule has 0 heterocycles. The molecule has 0 saturated heterocycles. The van der Waals surface area contributed by atoms with E-state index in [2.05, 4.69) is 0 Å². The third-order valence-electron chi connectivity index (χ3n) is 1.95. The Balaban J connectivity index is 3.03. The van der Waals surface area contributed by atoms with Crippen LogP contribution in [0.5, 0.6) is 11.5 Å². The molecular weight excluding hydrogens is 210 g/mol. The monoisotopic (exact) mass is 223 g/mol. The van der Waals surface area contributed by atoms with E-state index in [9.17, 15) is 15.2 Å².